The molecule has 5 rings (SSSR count). The lowest BCUT2D eigenvalue weighted by Crippen LogP contribution is -2.29. The van der Waals surface area contributed by atoms with E-state index < -0.39 is 0 Å². The van der Waals surface area contributed by atoms with Crippen molar-refractivity contribution in [2.45, 2.75) is 50.4 Å². The first kappa shape index (κ1) is 18.3. The lowest BCUT2D eigenvalue weighted by Gasteiger charge is -2.27. The minimum absolute atomic E-state index is 0.0202. The molecule has 3 aromatic heterocycles. The van der Waals surface area contributed by atoms with Gasteiger partial charge in [0.1, 0.15) is 0 Å². The molecule has 0 bridgehead atoms. The molecule has 0 amide bonds. The number of pyridine rings is 2. The molecule has 0 spiro atoms. The molecule has 6 heteroatoms. The highest BCUT2D eigenvalue weighted by Crippen LogP contribution is 2.40. The van der Waals surface area contributed by atoms with Gasteiger partial charge in [-0.3, -0.25) is 9.97 Å². The molecule has 0 unspecified atom stereocenters. The van der Waals surface area contributed by atoms with Crippen molar-refractivity contribution in [3.05, 3.63) is 84.2 Å². The van der Waals surface area contributed by atoms with E-state index in [0.717, 1.165) is 16.5 Å². The molecule has 1 N–H and O–H groups in total. The first-order chi connectivity index (χ1) is 14.3. The first-order valence-electron chi connectivity index (χ1n) is 10.3. The van der Waals surface area contributed by atoms with Crippen molar-refractivity contribution < 1.29 is 0 Å². The van der Waals surface area contributed by atoms with E-state index in [0.29, 0.717) is 12.6 Å². The predicted octanol–water partition coefficient (Wildman–Crippen LogP) is 4.57. The Morgan fingerprint density at radius 2 is 1.79 bits per heavy atom. The standard InChI is InChI=1S/C23H25N5S/c29-23-26-21(20-10-4-6-13-25-20)22(28(23)16-18-7-3-5-12-24-18)17-11-14-27(15-17)19-8-1-2-9-19/h3-7,10-15,19,21-22H,1-2,8-9,16H2,(H,26,29)/t21-,22-/m0/s1. The van der Waals surface area contributed by atoms with Crippen LogP contribution in [0, 0.1) is 0 Å². The fourth-order valence-electron chi connectivity index (χ4n) is 4.64. The molecular weight excluding hydrogens is 378 g/mol. The summed E-state index contributed by atoms with van der Waals surface area (Å²) in [5.74, 6) is 0. The number of rotatable bonds is 5. The molecule has 3 aromatic rings. The molecule has 5 nitrogen and oxygen atoms in total. The third-order valence-corrected chi connectivity index (χ3v) is 6.43. The van der Waals surface area contributed by atoms with Gasteiger partial charge in [0.2, 0.25) is 0 Å². The topological polar surface area (TPSA) is 46.0 Å². The van der Waals surface area contributed by atoms with Gasteiger partial charge in [0, 0.05) is 30.8 Å². The molecule has 0 aromatic carbocycles. The van der Waals surface area contributed by atoms with Gasteiger partial charge in [0.25, 0.3) is 0 Å². The van der Waals surface area contributed by atoms with Gasteiger partial charge >= 0.3 is 0 Å². The number of nitrogens with one attached hydrogen (secondary N) is 1. The summed E-state index contributed by atoms with van der Waals surface area (Å²) in [5, 5.41) is 4.28. The molecule has 0 radical (unpaired) electrons. The van der Waals surface area contributed by atoms with E-state index in [1.54, 1.807) is 0 Å². The van der Waals surface area contributed by atoms with Gasteiger partial charge in [0.15, 0.2) is 5.11 Å². The SMILES string of the molecule is S=C1N[C@@H](c2ccccn2)[C@H](c2ccn(C3CCCC3)c2)N1Cc1ccccn1. The zero-order valence-electron chi connectivity index (χ0n) is 16.3. The lowest BCUT2D eigenvalue weighted by atomic mass is 9.99. The van der Waals surface area contributed by atoms with Crippen LogP contribution in [0.3, 0.4) is 0 Å². The lowest BCUT2D eigenvalue weighted by molar-refractivity contribution is 0.307. The maximum Gasteiger partial charge on any atom is 0.170 e. The Morgan fingerprint density at radius 3 is 2.52 bits per heavy atom. The second-order valence-electron chi connectivity index (χ2n) is 7.91. The highest BCUT2D eigenvalue weighted by Gasteiger charge is 2.40. The van der Waals surface area contributed by atoms with Gasteiger partial charge < -0.3 is 14.8 Å². The Morgan fingerprint density at radius 1 is 1.00 bits per heavy atom. The van der Waals surface area contributed by atoms with Gasteiger partial charge in [-0.25, -0.2) is 0 Å². The molecule has 2 aliphatic rings. The maximum atomic E-state index is 5.76. The average molecular weight is 404 g/mol. The smallest absolute Gasteiger partial charge is 0.170 e. The fourth-order valence-corrected chi connectivity index (χ4v) is 4.95. The van der Waals surface area contributed by atoms with Crippen molar-refractivity contribution in [2.75, 3.05) is 0 Å². The zero-order valence-corrected chi connectivity index (χ0v) is 17.1. The quantitative estimate of drug-likeness (QED) is 0.633. The second-order valence-corrected chi connectivity index (χ2v) is 8.29. The van der Waals surface area contributed by atoms with Crippen LogP contribution in [-0.2, 0) is 6.54 Å². The highest BCUT2D eigenvalue weighted by molar-refractivity contribution is 7.80. The van der Waals surface area contributed by atoms with E-state index in [9.17, 15) is 0 Å². The summed E-state index contributed by atoms with van der Waals surface area (Å²) < 4.78 is 2.40. The number of hydrogen-bond donors (Lipinski definition) is 1. The van der Waals surface area contributed by atoms with Gasteiger partial charge in [-0.2, -0.15) is 0 Å². The second kappa shape index (κ2) is 7.95. The Hall–Kier alpha value is -2.73. The van der Waals surface area contributed by atoms with E-state index in [1.807, 2.05) is 36.7 Å². The molecule has 1 saturated carbocycles. The summed E-state index contributed by atoms with van der Waals surface area (Å²) in [6.07, 6.45) is 13.4. The molecule has 29 heavy (non-hydrogen) atoms. The van der Waals surface area contributed by atoms with E-state index in [-0.39, 0.29) is 12.1 Å². The van der Waals surface area contributed by atoms with E-state index in [4.69, 9.17) is 12.2 Å². The number of nitrogens with zero attached hydrogens (tertiary/aromatic N) is 4. The molecular formula is C23H25N5S. The summed E-state index contributed by atoms with van der Waals surface area (Å²) in [6.45, 7) is 0.676. The predicted molar refractivity (Wildman–Crippen MR) is 117 cm³/mol. The molecule has 1 saturated heterocycles. The van der Waals surface area contributed by atoms with Crippen LogP contribution in [0.4, 0.5) is 0 Å². The van der Waals surface area contributed by atoms with Crippen LogP contribution >= 0.6 is 12.2 Å². The van der Waals surface area contributed by atoms with Crippen molar-refractivity contribution in [3.8, 4) is 0 Å². The average Bonchev–Trinajstić information content (AvgIpc) is 3.50. The summed E-state index contributed by atoms with van der Waals surface area (Å²) in [6, 6.07) is 15.1. The third kappa shape index (κ3) is 3.65. The van der Waals surface area contributed by atoms with Gasteiger partial charge in [-0.1, -0.05) is 25.0 Å². The van der Waals surface area contributed by atoms with E-state index in [2.05, 4.69) is 55.3 Å². The highest BCUT2D eigenvalue weighted by atomic mass is 32.1. The molecule has 2 atom stereocenters. The molecule has 1 aliphatic heterocycles. The number of hydrogen-bond acceptors (Lipinski definition) is 3. The Kier molecular flexibility index (Phi) is 5.02. The van der Waals surface area contributed by atoms with Crippen LogP contribution in [0.25, 0.3) is 0 Å². The first-order valence-corrected chi connectivity index (χ1v) is 10.8. The summed E-state index contributed by atoms with van der Waals surface area (Å²) in [4.78, 5) is 11.4. The Balaban J connectivity index is 1.50. The molecule has 1 aliphatic carbocycles. The molecule has 2 fully saturated rings. The van der Waals surface area contributed by atoms with Crippen LogP contribution < -0.4 is 5.32 Å². The van der Waals surface area contributed by atoms with Crippen molar-refractivity contribution in [2.24, 2.45) is 0 Å². The van der Waals surface area contributed by atoms with E-state index >= 15 is 0 Å². The summed E-state index contributed by atoms with van der Waals surface area (Å²) in [5.41, 5.74) is 3.30. The fraction of sp³-hybridized carbons (Fsp3) is 0.348. The van der Waals surface area contributed by atoms with Crippen LogP contribution in [0.1, 0.15) is 60.8 Å². The van der Waals surface area contributed by atoms with Crippen molar-refractivity contribution in [3.63, 3.8) is 0 Å². The maximum absolute atomic E-state index is 5.76. The summed E-state index contributed by atoms with van der Waals surface area (Å²) in [7, 11) is 0. The molecule has 4 heterocycles. The number of thiocarbonyl (C=S) groups is 1. The number of aromatic nitrogens is 3. The van der Waals surface area contributed by atoms with Gasteiger partial charge in [-0.05, 0) is 61.0 Å². The minimum atomic E-state index is 0.0202. The van der Waals surface area contributed by atoms with E-state index in [1.165, 1.54) is 31.2 Å². The monoisotopic (exact) mass is 403 g/mol. The van der Waals surface area contributed by atoms with Crippen LogP contribution in [0.15, 0.2) is 67.3 Å². The van der Waals surface area contributed by atoms with Gasteiger partial charge in [0.05, 0.1) is 30.0 Å². The Labute approximate surface area is 176 Å². The summed E-state index contributed by atoms with van der Waals surface area (Å²) >= 11 is 5.76. The van der Waals surface area contributed by atoms with Crippen molar-refractivity contribution in [1.82, 2.24) is 24.8 Å². The molecule has 148 valence electrons. The van der Waals surface area contributed by atoms with Crippen molar-refractivity contribution >= 4 is 17.3 Å². The minimum Gasteiger partial charge on any atom is -0.352 e. The van der Waals surface area contributed by atoms with Crippen molar-refractivity contribution in [1.29, 1.82) is 0 Å². The Bertz CT molecular complexity index is 965. The van der Waals surface area contributed by atoms with Crippen LogP contribution in [-0.4, -0.2) is 24.5 Å². The normalized spacial score (nSPS) is 22.2. The zero-order chi connectivity index (χ0) is 19.6. The van der Waals surface area contributed by atoms with Gasteiger partial charge in [-0.15, -0.1) is 0 Å². The van der Waals surface area contributed by atoms with Crippen LogP contribution in [0.2, 0.25) is 0 Å². The van der Waals surface area contributed by atoms with Crippen LogP contribution in [0.5, 0.6) is 0 Å². The third-order valence-electron chi connectivity index (χ3n) is 6.08. The largest absolute Gasteiger partial charge is 0.352 e.